The third kappa shape index (κ3) is 25.2. The zero-order valence-corrected chi connectivity index (χ0v) is 28.1. The first-order chi connectivity index (χ1) is 20.3. The van der Waals surface area contributed by atoms with Gasteiger partial charge in [0.05, 0.1) is 6.04 Å². The minimum Gasteiger partial charge on any atom is -0.356 e. The summed E-state index contributed by atoms with van der Waals surface area (Å²) in [6.45, 7) is 7.63. The molecule has 0 spiro atoms. The number of rotatable bonds is 32. The lowest BCUT2D eigenvalue weighted by molar-refractivity contribution is -0.555. The van der Waals surface area contributed by atoms with Gasteiger partial charge in [-0.2, -0.15) is 0 Å². The molecule has 0 aromatic heterocycles. The maximum atomic E-state index is 12.3. The van der Waals surface area contributed by atoms with E-state index in [4.69, 9.17) is 0 Å². The summed E-state index contributed by atoms with van der Waals surface area (Å²) in [6.07, 6.45) is 41.0. The largest absolute Gasteiger partial charge is 0.356 e. The lowest BCUT2D eigenvalue weighted by Crippen LogP contribution is -2.29. The lowest BCUT2D eigenvalue weighted by atomic mass is 10.0. The molecule has 4 nitrogen and oxygen atoms in total. The molecular formula is C37H74N3O+. The van der Waals surface area contributed by atoms with E-state index >= 15 is 0 Å². The zero-order valence-electron chi connectivity index (χ0n) is 28.1. The maximum absolute atomic E-state index is 12.3. The number of hydrogen-bond acceptors (Lipinski definition) is 2. The smallest absolute Gasteiger partial charge is 0.232 e. The van der Waals surface area contributed by atoms with Crippen LogP contribution in [-0.2, 0) is 4.79 Å². The summed E-state index contributed by atoms with van der Waals surface area (Å²) in [6, 6.07) is 0.631. The van der Waals surface area contributed by atoms with Crippen molar-refractivity contribution in [3.05, 3.63) is 0 Å². The summed E-state index contributed by atoms with van der Waals surface area (Å²) in [7, 11) is 0. The Kier molecular flexibility index (Phi) is 28.1. The van der Waals surface area contributed by atoms with Crippen LogP contribution in [0.4, 0.5) is 0 Å². The number of hydrogen-bond donors (Lipinski definition) is 2. The topological polar surface area (TPSA) is 44.1 Å². The standard InChI is InChI=1S/C37H73N3O/c1-3-5-7-9-11-13-15-17-19-21-23-25-27-31-37(41)39-32-28-30-36(40-34-33-38-35-40)29-26-24-22-20-18-16-14-12-10-8-6-4-2/h35-36H,3-34H2,1-2H3,(H,39,41)/p+1. The molecule has 0 fully saturated rings. The molecule has 1 rings (SSSR count). The van der Waals surface area contributed by atoms with Crippen LogP contribution in [0.5, 0.6) is 0 Å². The van der Waals surface area contributed by atoms with E-state index in [0.717, 1.165) is 32.5 Å². The van der Waals surface area contributed by atoms with E-state index in [2.05, 4.69) is 35.4 Å². The van der Waals surface area contributed by atoms with Crippen LogP contribution in [0.1, 0.15) is 200 Å². The minimum atomic E-state index is 0.264. The van der Waals surface area contributed by atoms with Gasteiger partial charge in [0, 0.05) is 13.0 Å². The first-order valence-corrected chi connectivity index (χ1v) is 18.9. The Morgan fingerprint density at radius 2 is 1.02 bits per heavy atom. The molecule has 242 valence electrons. The van der Waals surface area contributed by atoms with Crippen molar-refractivity contribution in [2.75, 3.05) is 19.6 Å². The number of carbonyl (C=O) groups excluding carboxylic acids is 1. The molecule has 41 heavy (non-hydrogen) atoms. The van der Waals surface area contributed by atoms with Gasteiger partial charge >= 0.3 is 0 Å². The fraction of sp³-hybridized carbons (Fsp3) is 0.946. The van der Waals surface area contributed by atoms with Crippen molar-refractivity contribution in [2.45, 2.75) is 206 Å². The Morgan fingerprint density at radius 1 is 0.610 bits per heavy atom. The molecule has 1 atom stereocenters. The molecule has 0 radical (unpaired) electrons. The Bertz CT molecular complexity index is 591. The van der Waals surface area contributed by atoms with Gasteiger partial charge in [0.1, 0.15) is 13.1 Å². The molecule has 4 heteroatoms. The Morgan fingerprint density at radius 3 is 1.46 bits per heavy atom. The molecule has 1 unspecified atom stereocenters. The third-order valence-corrected chi connectivity index (χ3v) is 9.18. The van der Waals surface area contributed by atoms with Crippen LogP contribution in [0.2, 0.25) is 0 Å². The monoisotopic (exact) mass is 577 g/mol. The van der Waals surface area contributed by atoms with Crippen LogP contribution in [0, 0.1) is 0 Å². The molecule has 0 bridgehead atoms. The van der Waals surface area contributed by atoms with Crippen molar-refractivity contribution in [3.63, 3.8) is 0 Å². The Balaban J connectivity index is 1.96. The fourth-order valence-corrected chi connectivity index (χ4v) is 6.38. The van der Waals surface area contributed by atoms with Crippen molar-refractivity contribution in [1.82, 2.24) is 10.6 Å². The van der Waals surface area contributed by atoms with E-state index < -0.39 is 0 Å². The van der Waals surface area contributed by atoms with Crippen molar-refractivity contribution in [2.24, 2.45) is 0 Å². The predicted octanol–water partition coefficient (Wildman–Crippen LogP) is 10.5. The average molecular weight is 577 g/mol. The van der Waals surface area contributed by atoms with E-state index in [0.29, 0.717) is 12.5 Å². The van der Waals surface area contributed by atoms with Gasteiger partial charge in [0.15, 0.2) is 0 Å². The molecule has 0 aromatic rings. The van der Waals surface area contributed by atoms with Gasteiger partial charge in [-0.15, -0.1) is 0 Å². The summed E-state index contributed by atoms with van der Waals surface area (Å²) < 4.78 is 2.52. The van der Waals surface area contributed by atoms with E-state index in [9.17, 15) is 4.79 Å². The van der Waals surface area contributed by atoms with Gasteiger partial charge < -0.3 is 5.32 Å². The maximum Gasteiger partial charge on any atom is 0.232 e. The van der Waals surface area contributed by atoms with Gasteiger partial charge in [0.2, 0.25) is 12.2 Å². The van der Waals surface area contributed by atoms with Crippen molar-refractivity contribution >= 4 is 12.2 Å². The first-order valence-electron chi connectivity index (χ1n) is 18.9. The van der Waals surface area contributed by atoms with E-state index in [1.807, 2.05) is 0 Å². The Hall–Kier alpha value is -1.06. The number of nitrogens with one attached hydrogen (secondary N) is 2. The summed E-state index contributed by atoms with van der Waals surface area (Å²) in [5.41, 5.74) is 0. The molecule has 0 aromatic carbocycles. The van der Waals surface area contributed by atoms with Crippen LogP contribution >= 0.6 is 0 Å². The average Bonchev–Trinajstić information content (AvgIpc) is 3.52. The highest BCUT2D eigenvalue weighted by Crippen LogP contribution is 2.16. The number of carbonyl (C=O) groups is 1. The van der Waals surface area contributed by atoms with Crippen LogP contribution < -0.4 is 10.6 Å². The van der Waals surface area contributed by atoms with E-state index in [-0.39, 0.29) is 5.91 Å². The predicted molar refractivity (Wildman–Crippen MR) is 181 cm³/mol. The van der Waals surface area contributed by atoms with Gasteiger partial charge in [-0.3, -0.25) is 14.7 Å². The number of nitrogens with zero attached hydrogens (tertiary/aromatic N) is 1. The van der Waals surface area contributed by atoms with E-state index in [1.54, 1.807) is 0 Å². The molecule has 2 N–H and O–H groups in total. The second-order valence-corrected chi connectivity index (χ2v) is 13.1. The lowest BCUT2D eigenvalue weighted by Gasteiger charge is -2.17. The molecule has 0 aliphatic carbocycles. The van der Waals surface area contributed by atoms with Crippen molar-refractivity contribution in [3.8, 4) is 0 Å². The van der Waals surface area contributed by atoms with Gasteiger partial charge in [0.25, 0.3) is 0 Å². The summed E-state index contributed by atoms with van der Waals surface area (Å²) in [5, 5.41) is 6.60. The van der Waals surface area contributed by atoms with E-state index in [1.165, 1.54) is 167 Å². The molecule has 0 saturated heterocycles. The van der Waals surface area contributed by atoms with Gasteiger partial charge in [-0.05, 0) is 32.1 Å². The first kappa shape index (κ1) is 38.0. The molecule has 1 aliphatic rings. The van der Waals surface area contributed by atoms with Crippen LogP contribution in [0.25, 0.3) is 0 Å². The number of amides is 1. The van der Waals surface area contributed by atoms with Crippen LogP contribution in [0.3, 0.4) is 0 Å². The van der Waals surface area contributed by atoms with Crippen molar-refractivity contribution < 1.29 is 9.37 Å². The molecule has 0 saturated carbocycles. The zero-order chi connectivity index (χ0) is 29.5. The quantitative estimate of drug-likeness (QED) is 0.0618. The summed E-state index contributed by atoms with van der Waals surface area (Å²) in [4.78, 5) is 12.3. The molecule has 1 heterocycles. The van der Waals surface area contributed by atoms with Crippen molar-refractivity contribution in [1.29, 1.82) is 0 Å². The van der Waals surface area contributed by atoms with Gasteiger partial charge in [-0.1, -0.05) is 162 Å². The fourth-order valence-electron chi connectivity index (χ4n) is 6.38. The van der Waals surface area contributed by atoms with Crippen LogP contribution in [-0.4, -0.2) is 42.5 Å². The highest BCUT2D eigenvalue weighted by Gasteiger charge is 2.20. The summed E-state index contributed by atoms with van der Waals surface area (Å²) in [5.74, 6) is 0.264. The Labute approximate surface area is 257 Å². The minimum absolute atomic E-state index is 0.264. The molecular weight excluding hydrogens is 502 g/mol. The van der Waals surface area contributed by atoms with Gasteiger partial charge in [-0.25, -0.2) is 0 Å². The summed E-state index contributed by atoms with van der Waals surface area (Å²) >= 11 is 0. The third-order valence-electron chi connectivity index (χ3n) is 9.18. The molecule has 1 amide bonds. The SMILES string of the molecule is CCCCCCCCCCCCCCCC(=O)NCCCC(CCCCCCCCCCCCCC)[N+]1=CNCC1. The molecule has 1 aliphatic heterocycles. The normalized spacial score (nSPS) is 13.8. The highest BCUT2D eigenvalue weighted by molar-refractivity contribution is 5.75. The number of unbranched alkanes of at least 4 members (excludes halogenated alkanes) is 23. The second kappa shape index (κ2) is 30.4. The van der Waals surface area contributed by atoms with Crippen LogP contribution in [0.15, 0.2) is 0 Å². The highest BCUT2D eigenvalue weighted by atomic mass is 16.1. The second-order valence-electron chi connectivity index (χ2n) is 13.1.